The normalized spacial score (nSPS) is 17.1. The number of carbonyl (C=O) groups is 1. The summed E-state index contributed by atoms with van der Waals surface area (Å²) in [6.45, 7) is 0. The average Bonchev–Trinajstić information content (AvgIpc) is 3.25. The second kappa shape index (κ2) is 7.66. The number of thioether (sulfide) groups is 1. The molecule has 0 N–H and O–H groups in total. The third-order valence-electron chi connectivity index (χ3n) is 4.06. The standard InChI is InChI=1S/C21H14ClFN2O2S/c1-25-20(26)19(28-21(25)24-16-7-5-15(23)6-8-16)12-17-9-10-18(27-17)13-3-2-4-14(22)11-13/h2-12H,1H3/b19-12+,24-21?. The smallest absolute Gasteiger partial charge is 0.266 e. The lowest BCUT2D eigenvalue weighted by molar-refractivity contribution is -0.121. The van der Waals surface area contributed by atoms with Crippen LogP contribution >= 0.6 is 23.4 Å². The van der Waals surface area contributed by atoms with Crippen molar-refractivity contribution in [3.63, 3.8) is 0 Å². The summed E-state index contributed by atoms with van der Waals surface area (Å²) in [5.74, 6) is 0.716. The number of hydrogen-bond donors (Lipinski definition) is 0. The Kier molecular flexibility index (Phi) is 5.07. The third kappa shape index (κ3) is 3.88. The number of hydrogen-bond acceptors (Lipinski definition) is 4. The van der Waals surface area contributed by atoms with Crippen LogP contribution in [0.5, 0.6) is 0 Å². The first kappa shape index (κ1) is 18.5. The van der Waals surface area contributed by atoms with Crippen LogP contribution in [0.2, 0.25) is 5.02 Å². The molecule has 1 aromatic heterocycles. The van der Waals surface area contributed by atoms with Crippen LogP contribution < -0.4 is 0 Å². The number of aliphatic imine (C=N–C) groups is 1. The van der Waals surface area contributed by atoms with Gasteiger partial charge in [-0.1, -0.05) is 23.7 Å². The van der Waals surface area contributed by atoms with Gasteiger partial charge in [0.1, 0.15) is 17.3 Å². The molecule has 4 nitrogen and oxygen atoms in total. The Morgan fingerprint density at radius 2 is 1.93 bits per heavy atom. The van der Waals surface area contributed by atoms with E-state index in [4.69, 9.17) is 16.0 Å². The highest BCUT2D eigenvalue weighted by Gasteiger charge is 2.30. The second-order valence-corrected chi connectivity index (χ2v) is 7.50. The Morgan fingerprint density at radius 3 is 2.68 bits per heavy atom. The fourth-order valence-corrected chi connectivity index (χ4v) is 3.79. The van der Waals surface area contributed by atoms with Gasteiger partial charge in [0.2, 0.25) is 0 Å². The minimum atomic E-state index is -0.332. The van der Waals surface area contributed by atoms with Gasteiger partial charge in [-0.15, -0.1) is 0 Å². The van der Waals surface area contributed by atoms with Crippen molar-refractivity contribution in [1.29, 1.82) is 0 Å². The highest BCUT2D eigenvalue weighted by atomic mass is 35.5. The summed E-state index contributed by atoms with van der Waals surface area (Å²) in [7, 11) is 1.65. The van der Waals surface area contributed by atoms with E-state index in [0.29, 0.717) is 32.3 Å². The minimum Gasteiger partial charge on any atom is -0.457 e. The van der Waals surface area contributed by atoms with E-state index < -0.39 is 0 Å². The number of halogens is 2. The molecule has 0 bridgehead atoms. The molecule has 4 rings (SSSR count). The van der Waals surface area contributed by atoms with Gasteiger partial charge in [-0.3, -0.25) is 9.69 Å². The summed E-state index contributed by atoms with van der Waals surface area (Å²) < 4.78 is 18.9. The molecule has 1 saturated heterocycles. The number of amidine groups is 1. The molecule has 140 valence electrons. The fourth-order valence-electron chi connectivity index (χ4n) is 2.63. The maximum atomic E-state index is 13.0. The van der Waals surface area contributed by atoms with Crippen molar-refractivity contribution in [3.8, 4) is 11.3 Å². The molecule has 2 aromatic carbocycles. The number of rotatable bonds is 3. The van der Waals surface area contributed by atoms with Crippen LogP contribution in [0, 0.1) is 5.82 Å². The molecule has 0 saturated carbocycles. The summed E-state index contributed by atoms with van der Waals surface area (Å²) in [4.78, 5) is 18.9. The quantitative estimate of drug-likeness (QED) is 0.497. The predicted molar refractivity (Wildman–Crippen MR) is 111 cm³/mol. The lowest BCUT2D eigenvalue weighted by atomic mass is 10.2. The summed E-state index contributed by atoms with van der Waals surface area (Å²) in [5, 5.41) is 1.14. The van der Waals surface area contributed by atoms with E-state index >= 15 is 0 Å². The van der Waals surface area contributed by atoms with Crippen molar-refractivity contribution >= 4 is 46.2 Å². The van der Waals surface area contributed by atoms with Crippen molar-refractivity contribution in [2.75, 3.05) is 7.05 Å². The molecular weight excluding hydrogens is 399 g/mol. The molecule has 7 heteroatoms. The largest absolute Gasteiger partial charge is 0.457 e. The molecule has 1 fully saturated rings. The first-order chi connectivity index (χ1) is 13.5. The summed E-state index contributed by atoms with van der Waals surface area (Å²) in [6.07, 6.45) is 1.69. The van der Waals surface area contributed by atoms with Gasteiger partial charge >= 0.3 is 0 Å². The summed E-state index contributed by atoms with van der Waals surface area (Å²) in [5.41, 5.74) is 1.43. The van der Waals surface area contributed by atoms with E-state index in [1.165, 1.54) is 28.8 Å². The van der Waals surface area contributed by atoms with Gasteiger partial charge in [0, 0.05) is 23.7 Å². The van der Waals surface area contributed by atoms with Crippen molar-refractivity contribution in [1.82, 2.24) is 4.90 Å². The summed E-state index contributed by atoms with van der Waals surface area (Å²) >= 11 is 7.27. The maximum absolute atomic E-state index is 13.0. The highest BCUT2D eigenvalue weighted by molar-refractivity contribution is 8.18. The molecule has 28 heavy (non-hydrogen) atoms. The molecule has 1 aliphatic rings. The Morgan fingerprint density at radius 1 is 1.14 bits per heavy atom. The number of furan rings is 1. The predicted octanol–water partition coefficient (Wildman–Crippen LogP) is 5.97. The second-order valence-electron chi connectivity index (χ2n) is 6.06. The van der Waals surface area contributed by atoms with Gasteiger partial charge in [0.25, 0.3) is 5.91 Å². The molecular formula is C21H14ClFN2O2S. The molecule has 1 amide bonds. The van der Waals surface area contributed by atoms with Crippen LogP contribution in [0.25, 0.3) is 17.4 Å². The zero-order valence-electron chi connectivity index (χ0n) is 14.7. The number of carbonyl (C=O) groups excluding carboxylic acids is 1. The molecule has 0 aliphatic carbocycles. The number of benzene rings is 2. The Hall–Kier alpha value is -2.83. The van der Waals surface area contributed by atoms with Gasteiger partial charge in [0.15, 0.2) is 5.17 Å². The van der Waals surface area contributed by atoms with Gasteiger partial charge in [-0.05, 0) is 60.3 Å². The van der Waals surface area contributed by atoms with E-state index in [9.17, 15) is 9.18 Å². The SMILES string of the molecule is CN1C(=O)/C(=C\c2ccc(-c3cccc(Cl)c3)o2)SC1=Nc1ccc(F)cc1. The van der Waals surface area contributed by atoms with Crippen molar-refractivity contribution in [3.05, 3.63) is 82.2 Å². The number of likely N-dealkylation sites (N-methyl/N-ethyl adjacent to an activating group) is 1. The van der Waals surface area contributed by atoms with E-state index in [1.54, 1.807) is 37.4 Å². The molecule has 0 spiro atoms. The molecule has 0 atom stereocenters. The van der Waals surface area contributed by atoms with Crippen LogP contribution in [0.4, 0.5) is 10.1 Å². The lowest BCUT2D eigenvalue weighted by Crippen LogP contribution is -2.23. The van der Waals surface area contributed by atoms with Crippen molar-refractivity contribution < 1.29 is 13.6 Å². The average molecular weight is 413 g/mol. The zero-order chi connectivity index (χ0) is 19.7. The van der Waals surface area contributed by atoms with Crippen LogP contribution in [0.3, 0.4) is 0 Å². The highest BCUT2D eigenvalue weighted by Crippen LogP contribution is 2.34. The third-order valence-corrected chi connectivity index (χ3v) is 5.36. The van der Waals surface area contributed by atoms with E-state index in [1.807, 2.05) is 24.3 Å². The minimum absolute atomic E-state index is 0.174. The van der Waals surface area contributed by atoms with E-state index in [2.05, 4.69) is 4.99 Å². The van der Waals surface area contributed by atoms with Gasteiger partial charge < -0.3 is 4.42 Å². The molecule has 1 aliphatic heterocycles. The number of amides is 1. The van der Waals surface area contributed by atoms with E-state index in [-0.39, 0.29) is 11.7 Å². The van der Waals surface area contributed by atoms with Crippen LogP contribution in [-0.4, -0.2) is 23.0 Å². The Bertz CT molecular complexity index is 1110. The van der Waals surface area contributed by atoms with E-state index in [0.717, 1.165) is 5.56 Å². The number of nitrogens with zero attached hydrogens (tertiary/aromatic N) is 2. The van der Waals surface area contributed by atoms with Crippen LogP contribution in [-0.2, 0) is 4.79 Å². The first-order valence-corrected chi connectivity index (χ1v) is 9.57. The van der Waals surface area contributed by atoms with Gasteiger partial charge in [0.05, 0.1) is 10.6 Å². The Labute approximate surface area is 170 Å². The maximum Gasteiger partial charge on any atom is 0.266 e. The van der Waals surface area contributed by atoms with Gasteiger partial charge in [-0.25, -0.2) is 9.38 Å². The van der Waals surface area contributed by atoms with Crippen molar-refractivity contribution in [2.45, 2.75) is 0 Å². The zero-order valence-corrected chi connectivity index (χ0v) is 16.3. The lowest BCUT2D eigenvalue weighted by Gasteiger charge is -2.06. The van der Waals surface area contributed by atoms with Crippen LogP contribution in [0.15, 0.2) is 75.0 Å². The summed E-state index contributed by atoms with van der Waals surface area (Å²) in [6, 6.07) is 16.8. The molecule has 0 unspecified atom stereocenters. The Balaban J connectivity index is 1.58. The monoisotopic (exact) mass is 412 g/mol. The molecule has 0 radical (unpaired) electrons. The molecule has 2 heterocycles. The van der Waals surface area contributed by atoms with Crippen molar-refractivity contribution in [2.24, 2.45) is 4.99 Å². The first-order valence-electron chi connectivity index (χ1n) is 8.37. The van der Waals surface area contributed by atoms with Gasteiger partial charge in [-0.2, -0.15) is 0 Å². The molecule has 3 aromatic rings. The van der Waals surface area contributed by atoms with Crippen LogP contribution in [0.1, 0.15) is 5.76 Å². The fraction of sp³-hybridized carbons (Fsp3) is 0.0476. The topological polar surface area (TPSA) is 45.8 Å².